The van der Waals surface area contributed by atoms with Gasteiger partial charge in [0.15, 0.2) is 6.29 Å². The third-order valence-corrected chi connectivity index (χ3v) is 5.82. The molecule has 2 nitrogen and oxygen atoms in total. The zero-order chi connectivity index (χ0) is 15.2. The highest BCUT2D eigenvalue weighted by Gasteiger charge is 2.52. The van der Waals surface area contributed by atoms with Crippen LogP contribution in [0.15, 0.2) is 30.8 Å². The molecule has 0 saturated heterocycles. The Morgan fingerprint density at radius 1 is 1.05 bits per heavy atom. The highest BCUT2D eigenvalue weighted by molar-refractivity contribution is 5.48. The summed E-state index contributed by atoms with van der Waals surface area (Å²) in [6.07, 6.45) is 9.76. The lowest BCUT2D eigenvalue weighted by Gasteiger charge is -2.56. The molecule has 0 amide bonds. The number of rotatable bonds is 5. The fourth-order valence-corrected chi connectivity index (χ4v) is 5.43. The Bertz CT molecular complexity index is 510. The topological polar surface area (TPSA) is 18.5 Å². The Balaban J connectivity index is 1.41. The van der Waals surface area contributed by atoms with Crippen molar-refractivity contribution in [3.05, 3.63) is 36.4 Å². The van der Waals surface area contributed by atoms with Crippen molar-refractivity contribution in [1.82, 2.24) is 0 Å². The van der Waals surface area contributed by atoms with Crippen molar-refractivity contribution >= 4 is 6.08 Å². The van der Waals surface area contributed by atoms with Gasteiger partial charge in [0.2, 0.25) is 0 Å². The van der Waals surface area contributed by atoms with Crippen molar-refractivity contribution in [3.63, 3.8) is 0 Å². The van der Waals surface area contributed by atoms with Crippen LogP contribution >= 0.6 is 0 Å². The molecule has 2 heteroatoms. The van der Waals surface area contributed by atoms with Crippen LogP contribution in [0.25, 0.3) is 6.08 Å². The van der Waals surface area contributed by atoms with E-state index in [-0.39, 0.29) is 11.9 Å². The molecule has 4 bridgehead atoms. The third kappa shape index (κ3) is 2.69. The summed E-state index contributed by atoms with van der Waals surface area (Å²) in [6.45, 7) is 5.82. The summed E-state index contributed by atoms with van der Waals surface area (Å²) in [7, 11) is 0. The van der Waals surface area contributed by atoms with Gasteiger partial charge in [0.05, 0.1) is 5.60 Å². The number of ether oxygens (including phenoxy) is 2. The van der Waals surface area contributed by atoms with Crippen LogP contribution in [0.3, 0.4) is 0 Å². The summed E-state index contributed by atoms with van der Waals surface area (Å²) in [5.41, 5.74) is 1.22. The van der Waals surface area contributed by atoms with Gasteiger partial charge in [0, 0.05) is 0 Å². The minimum absolute atomic E-state index is 0.106. The Morgan fingerprint density at radius 2 is 1.59 bits per heavy atom. The summed E-state index contributed by atoms with van der Waals surface area (Å²) < 4.78 is 12.5. The van der Waals surface area contributed by atoms with Gasteiger partial charge in [-0.15, -0.1) is 0 Å². The number of hydrogen-bond acceptors (Lipinski definition) is 2. The fraction of sp³-hybridized carbons (Fsp3) is 0.600. The van der Waals surface area contributed by atoms with Gasteiger partial charge in [-0.2, -0.15) is 0 Å². The molecular weight excluding hydrogens is 272 g/mol. The summed E-state index contributed by atoms with van der Waals surface area (Å²) in [4.78, 5) is 0. The lowest BCUT2D eigenvalue weighted by molar-refractivity contribution is -0.225. The maximum Gasteiger partial charge on any atom is 0.197 e. The lowest BCUT2D eigenvalue weighted by Crippen LogP contribution is -2.53. The quantitative estimate of drug-likeness (QED) is 0.709. The van der Waals surface area contributed by atoms with Gasteiger partial charge in [-0.05, 0) is 80.9 Å². The highest BCUT2D eigenvalue weighted by atomic mass is 16.7. The van der Waals surface area contributed by atoms with E-state index in [1.807, 2.05) is 37.3 Å². The van der Waals surface area contributed by atoms with Crippen LogP contribution in [0, 0.1) is 17.8 Å². The molecule has 1 aromatic rings. The van der Waals surface area contributed by atoms with Crippen LogP contribution in [0.1, 0.15) is 51.0 Å². The summed E-state index contributed by atoms with van der Waals surface area (Å²) in [5.74, 6) is 3.60. The predicted molar refractivity (Wildman–Crippen MR) is 88.6 cm³/mol. The van der Waals surface area contributed by atoms with Crippen molar-refractivity contribution < 1.29 is 9.47 Å². The van der Waals surface area contributed by atoms with Crippen molar-refractivity contribution in [2.45, 2.75) is 57.3 Å². The zero-order valence-corrected chi connectivity index (χ0v) is 13.5. The fourth-order valence-electron chi connectivity index (χ4n) is 5.43. The Kier molecular flexibility index (Phi) is 3.53. The van der Waals surface area contributed by atoms with Gasteiger partial charge in [-0.3, -0.25) is 0 Å². The minimum atomic E-state index is -0.175. The molecule has 22 heavy (non-hydrogen) atoms. The van der Waals surface area contributed by atoms with Crippen molar-refractivity contribution in [2.24, 2.45) is 17.8 Å². The minimum Gasteiger partial charge on any atom is -0.465 e. The summed E-state index contributed by atoms with van der Waals surface area (Å²) >= 11 is 0. The van der Waals surface area contributed by atoms with Crippen molar-refractivity contribution in [3.8, 4) is 5.75 Å². The van der Waals surface area contributed by atoms with E-state index in [0.717, 1.165) is 29.1 Å². The molecule has 0 aromatic heterocycles. The first kappa shape index (κ1) is 14.3. The molecular formula is C20H26O2. The first-order valence-corrected chi connectivity index (χ1v) is 8.71. The standard InChI is InChI=1S/C20H26O2/c1-3-15-4-6-19(7-5-15)21-14(2)22-20-11-16-8-17(12-20)10-18(9-16)13-20/h3-7,14,16-18H,1,8-13H2,2H3. The second-order valence-corrected chi connectivity index (χ2v) is 7.68. The molecule has 4 aliphatic carbocycles. The average molecular weight is 298 g/mol. The third-order valence-electron chi connectivity index (χ3n) is 5.82. The normalized spacial score (nSPS) is 37.0. The molecule has 0 spiro atoms. The molecule has 0 N–H and O–H groups in total. The van der Waals surface area contributed by atoms with Crippen LogP contribution in [0.2, 0.25) is 0 Å². The molecule has 0 heterocycles. The Labute approximate surface area is 133 Å². The van der Waals surface area contributed by atoms with E-state index in [0.29, 0.717) is 0 Å². The van der Waals surface area contributed by atoms with Gasteiger partial charge in [0.1, 0.15) is 5.75 Å². The largest absolute Gasteiger partial charge is 0.465 e. The van der Waals surface area contributed by atoms with E-state index in [1.54, 1.807) is 0 Å². The van der Waals surface area contributed by atoms with E-state index < -0.39 is 0 Å². The number of benzene rings is 1. The molecule has 0 radical (unpaired) electrons. The maximum absolute atomic E-state index is 6.47. The first-order valence-electron chi connectivity index (χ1n) is 8.71. The van der Waals surface area contributed by atoms with Crippen molar-refractivity contribution in [2.75, 3.05) is 0 Å². The molecule has 1 unspecified atom stereocenters. The molecule has 0 aliphatic heterocycles. The molecule has 5 rings (SSSR count). The van der Waals surface area contributed by atoms with Gasteiger partial charge < -0.3 is 9.47 Å². The molecule has 4 saturated carbocycles. The lowest BCUT2D eigenvalue weighted by atomic mass is 9.54. The molecule has 118 valence electrons. The SMILES string of the molecule is C=Cc1ccc(OC(C)OC23CC4CC(CC(C4)C2)C3)cc1. The zero-order valence-electron chi connectivity index (χ0n) is 13.5. The molecule has 1 atom stereocenters. The van der Waals surface area contributed by atoms with Crippen LogP contribution in [0.5, 0.6) is 5.75 Å². The Hall–Kier alpha value is -1.28. The van der Waals surface area contributed by atoms with Crippen LogP contribution < -0.4 is 4.74 Å². The smallest absolute Gasteiger partial charge is 0.197 e. The van der Waals surface area contributed by atoms with E-state index in [1.165, 1.54) is 38.5 Å². The van der Waals surface area contributed by atoms with Crippen LogP contribution in [-0.2, 0) is 4.74 Å². The maximum atomic E-state index is 6.47. The van der Waals surface area contributed by atoms with Crippen LogP contribution in [-0.4, -0.2) is 11.9 Å². The van der Waals surface area contributed by atoms with Gasteiger partial charge in [-0.1, -0.05) is 24.8 Å². The highest BCUT2D eigenvalue weighted by Crippen LogP contribution is 2.57. The molecule has 4 aliphatic rings. The predicted octanol–water partition coefficient (Wildman–Crippen LogP) is 5.04. The Morgan fingerprint density at radius 3 is 2.09 bits per heavy atom. The first-order chi connectivity index (χ1) is 10.6. The number of hydrogen-bond donors (Lipinski definition) is 0. The monoisotopic (exact) mass is 298 g/mol. The van der Waals surface area contributed by atoms with E-state index in [4.69, 9.17) is 9.47 Å². The molecule has 4 fully saturated rings. The second-order valence-electron chi connectivity index (χ2n) is 7.68. The van der Waals surface area contributed by atoms with Crippen molar-refractivity contribution in [1.29, 1.82) is 0 Å². The van der Waals surface area contributed by atoms with E-state index in [9.17, 15) is 0 Å². The van der Waals surface area contributed by atoms with Gasteiger partial charge in [-0.25, -0.2) is 0 Å². The second kappa shape index (κ2) is 5.42. The molecule has 1 aromatic carbocycles. The van der Waals surface area contributed by atoms with E-state index >= 15 is 0 Å². The summed E-state index contributed by atoms with van der Waals surface area (Å²) in [5, 5.41) is 0. The average Bonchev–Trinajstić information content (AvgIpc) is 2.45. The van der Waals surface area contributed by atoms with Gasteiger partial charge >= 0.3 is 0 Å². The van der Waals surface area contributed by atoms with Gasteiger partial charge in [0.25, 0.3) is 0 Å². The van der Waals surface area contributed by atoms with E-state index in [2.05, 4.69) is 6.58 Å². The summed E-state index contributed by atoms with van der Waals surface area (Å²) in [6, 6.07) is 8.05. The van der Waals surface area contributed by atoms with Crippen LogP contribution in [0.4, 0.5) is 0 Å².